The molecule has 1 aliphatic heterocycles. The molecule has 50 heavy (non-hydrogen) atoms. The second kappa shape index (κ2) is 16.2. The number of carbonyl (C=O) groups is 2. The highest BCUT2D eigenvalue weighted by Gasteiger charge is 2.48. The monoisotopic (exact) mass is 709 g/mol. The van der Waals surface area contributed by atoms with Crippen LogP contribution in [-0.2, 0) is 15.3 Å². The minimum atomic E-state index is -1.00. The Labute approximate surface area is 299 Å². The molecule has 0 saturated carbocycles. The number of unbranched alkanes of at least 4 members (excludes halogenated alkanes) is 2. The minimum absolute atomic E-state index is 0.0571. The number of aromatic nitrogens is 2. The number of aliphatic hydroxyl groups excluding tert-OH is 1. The van der Waals surface area contributed by atoms with E-state index in [1.54, 1.807) is 42.5 Å². The number of amides is 1. The number of hydrogen-bond donors (Lipinski definition) is 1. The second-order valence-electron chi connectivity index (χ2n) is 11.6. The van der Waals surface area contributed by atoms with Crippen LogP contribution in [0.2, 0.25) is 0 Å². The number of nitrogens with zero attached hydrogens (tertiary/aromatic N) is 3. The summed E-state index contributed by atoms with van der Waals surface area (Å²) < 4.78 is 18.2. The number of Topliss-reactive ketones (excluding diaryl/α,β-unsaturated/α-hetero) is 1. The van der Waals surface area contributed by atoms with Gasteiger partial charge in [-0.3, -0.25) is 14.5 Å². The summed E-state index contributed by atoms with van der Waals surface area (Å²) in [6, 6.07) is 25.5. The van der Waals surface area contributed by atoms with Gasteiger partial charge in [0.05, 0.1) is 31.4 Å². The molecule has 1 unspecified atom stereocenters. The van der Waals surface area contributed by atoms with E-state index in [-0.39, 0.29) is 16.5 Å². The summed E-state index contributed by atoms with van der Waals surface area (Å²) in [6.45, 7) is 7.30. The Bertz CT molecular complexity index is 2000. The van der Waals surface area contributed by atoms with Crippen molar-refractivity contribution in [1.29, 1.82) is 0 Å². The Morgan fingerprint density at radius 1 is 0.860 bits per heavy atom. The van der Waals surface area contributed by atoms with Crippen molar-refractivity contribution in [3.63, 3.8) is 0 Å². The van der Waals surface area contributed by atoms with Crippen LogP contribution in [-0.4, -0.2) is 46.8 Å². The Morgan fingerprint density at radius 3 is 2.42 bits per heavy atom. The number of fused-ring (bicyclic) bond motifs is 1. The Hall–Kier alpha value is -4.87. The molecule has 9 nitrogen and oxygen atoms in total. The summed E-state index contributed by atoms with van der Waals surface area (Å²) in [7, 11) is 0. The standard InChI is InChI=1S/C39H39N3O6S2/c1-4-7-10-22-48-31-21-18-27(23-32(31)47-6-3)34-33(35(43)26-16-19-29(20-17-26)46-5-2)36(44)37(45)42(34)38-40-41-39(50-38)49-24-28-14-11-13-25-12-8-9-15-30(25)28/h8-9,11-21,23,34,43H,4-7,10,22,24H2,1-3H3. The van der Waals surface area contributed by atoms with Gasteiger partial charge in [-0.25, -0.2) is 0 Å². The van der Waals surface area contributed by atoms with Crippen LogP contribution in [0.25, 0.3) is 16.5 Å². The zero-order valence-corrected chi connectivity index (χ0v) is 29.9. The lowest BCUT2D eigenvalue weighted by atomic mass is 9.95. The third kappa shape index (κ3) is 7.49. The summed E-state index contributed by atoms with van der Waals surface area (Å²) in [5, 5.41) is 23.0. The van der Waals surface area contributed by atoms with E-state index >= 15 is 0 Å². The van der Waals surface area contributed by atoms with E-state index in [0.29, 0.717) is 58.3 Å². The topological polar surface area (TPSA) is 111 Å². The molecule has 1 amide bonds. The first-order valence-electron chi connectivity index (χ1n) is 16.8. The first kappa shape index (κ1) is 35.0. The molecular formula is C39H39N3O6S2. The zero-order chi connectivity index (χ0) is 35.0. The molecule has 2 heterocycles. The third-order valence-corrected chi connectivity index (χ3v) is 10.4. The number of benzene rings is 4. The first-order valence-corrected chi connectivity index (χ1v) is 18.6. The number of ketones is 1. The molecule has 11 heteroatoms. The fourth-order valence-electron chi connectivity index (χ4n) is 5.91. The molecule has 6 rings (SSSR count). The molecule has 4 aromatic carbocycles. The fourth-order valence-corrected chi connectivity index (χ4v) is 7.78. The molecule has 1 N–H and O–H groups in total. The van der Waals surface area contributed by atoms with Gasteiger partial charge in [-0.05, 0) is 78.6 Å². The molecule has 0 spiro atoms. The van der Waals surface area contributed by atoms with Gasteiger partial charge in [0, 0.05) is 11.3 Å². The normalized spacial score (nSPS) is 15.5. The van der Waals surface area contributed by atoms with Crippen LogP contribution < -0.4 is 19.1 Å². The number of carbonyl (C=O) groups excluding carboxylic acids is 2. The minimum Gasteiger partial charge on any atom is -0.507 e. The smallest absolute Gasteiger partial charge is 0.301 e. The van der Waals surface area contributed by atoms with Crippen LogP contribution >= 0.6 is 23.1 Å². The van der Waals surface area contributed by atoms with Crippen LogP contribution in [0.1, 0.15) is 62.8 Å². The lowest BCUT2D eigenvalue weighted by Crippen LogP contribution is -2.29. The maximum absolute atomic E-state index is 13.9. The molecule has 1 aromatic heterocycles. The predicted molar refractivity (Wildman–Crippen MR) is 198 cm³/mol. The van der Waals surface area contributed by atoms with E-state index in [2.05, 4.69) is 41.4 Å². The van der Waals surface area contributed by atoms with Crippen LogP contribution in [0.5, 0.6) is 17.2 Å². The molecule has 1 atom stereocenters. The van der Waals surface area contributed by atoms with Crippen molar-refractivity contribution in [2.75, 3.05) is 24.7 Å². The highest BCUT2D eigenvalue weighted by Crippen LogP contribution is 2.46. The van der Waals surface area contributed by atoms with Crippen molar-refractivity contribution in [3.05, 3.63) is 107 Å². The van der Waals surface area contributed by atoms with Gasteiger partial charge < -0.3 is 19.3 Å². The van der Waals surface area contributed by atoms with E-state index in [9.17, 15) is 14.7 Å². The van der Waals surface area contributed by atoms with Gasteiger partial charge in [0.25, 0.3) is 5.78 Å². The van der Waals surface area contributed by atoms with Crippen molar-refractivity contribution in [3.8, 4) is 17.2 Å². The van der Waals surface area contributed by atoms with Crippen molar-refractivity contribution in [2.24, 2.45) is 0 Å². The van der Waals surface area contributed by atoms with Gasteiger partial charge in [-0.15, -0.1) is 10.2 Å². The maximum Gasteiger partial charge on any atom is 0.301 e. The van der Waals surface area contributed by atoms with E-state index < -0.39 is 17.7 Å². The van der Waals surface area contributed by atoms with Gasteiger partial charge in [0.15, 0.2) is 15.8 Å². The van der Waals surface area contributed by atoms with Gasteiger partial charge in [-0.1, -0.05) is 91.4 Å². The molecule has 5 aromatic rings. The van der Waals surface area contributed by atoms with Crippen molar-refractivity contribution < 1.29 is 28.9 Å². The molecule has 0 aliphatic carbocycles. The number of thioether (sulfide) groups is 1. The Balaban J connectivity index is 1.38. The number of hydrogen-bond acceptors (Lipinski definition) is 10. The van der Waals surface area contributed by atoms with E-state index in [1.807, 2.05) is 32.0 Å². The largest absolute Gasteiger partial charge is 0.507 e. The van der Waals surface area contributed by atoms with Crippen molar-refractivity contribution in [2.45, 2.75) is 56.2 Å². The van der Waals surface area contributed by atoms with Crippen LogP contribution in [0.15, 0.2) is 94.8 Å². The van der Waals surface area contributed by atoms with Gasteiger partial charge in [0.1, 0.15) is 11.5 Å². The zero-order valence-electron chi connectivity index (χ0n) is 28.3. The Kier molecular flexibility index (Phi) is 11.3. The summed E-state index contributed by atoms with van der Waals surface area (Å²) in [5.74, 6) is 0.399. The van der Waals surface area contributed by atoms with Gasteiger partial charge in [-0.2, -0.15) is 0 Å². The van der Waals surface area contributed by atoms with E-state index in [1.165, 1.54) is 28.0 Å². The first-order chi connectivity index (χ1) is 24.4. The number of rotatable bonds is 15. The van der Waals surface area contributed by atoms with E-state index in [4.69, 9.17) is 14.2 Å². The van der Waals surface area contributed by atoms with Gasteiger partial charge >= 0.3 is 5.91 Å². The highest BCUT2D eigenvalue weighted by atomic mass is 32.2. The molecule has 258 valence electrons. The summed E-state index contributed by atoms with van der Waals surface area (Å²) in [5.41, 5.74) is 2.03. The lowest BCUT2D eigenvalue weighted by Gasteiger charge is -2.23. The SMILES string of the molecule is CCCCCOc1ccc(C2C(=C(O)c3ccc(OCC)cc3)C(=O)C(=O)N2c2nnc(SCc3cccc4ccccc34)s2)cc1OCC. The molecule has 0 radical (unpaired) electrons. The van der Waals surface area contributed by atoms with E-state index in [0.717, 1.165) is 35.6 Å². The third-order valence-electron chi connectivity index (χ3n) is 8.30. The number of ether oxygens (including phenoxy) is 3. The predicted octanol–water partition coefficient (Wildman–Crippen LogP) is 8.98. The lowest BCUT2D eigenvalue weighted by molar-refractivity contribution is -0.132. The number of anilines is 1. The van der Waals surface area contributed by atoms with Crippen LogP contribution in [0, 0.1) is 0 Å². The average Bonchev–Trinajstić information content (AvgIpc) is 3.71. The number of aliphatic hydroxyl groups is 1. The second-order valence-corrected chi connectivity index (χ2v) is 13.8. The molecule has 0 bridgehead atoms. The van der Waals surface area contributed by atoms with Crippen LogP contribution in [0.3, 0.4) is 0 Å². The summed E-state index contributed by atoms with van der Waals surface area (Å²) >= 11 is 2.74. The van der Waals surface area contributed by atoms with Gasteiger partial charge in [0.2, 0.25) is 5.13 Å². The summed E-state index contributed by atoms with van der Waals surface area (Å²) in [6.07, 6.45) is 3.03. The summed E-state index contributed by atoms with van der Waals surface area (Å²) in [4.78, 5) is 29.0. The molecule has 1 fully saturated rings. The highest BCUT2D eigenvalue weighted by molar-refractivity contribution is 8.00. The molecule has 1 saturated heterocycles. The van der Waals surface area contributed by atoms with Crippen LogP contribution in [0.4, 0.5) is 5.13 Å². The fraction of sp³-hybridized carbons (Fsp3) is 0.282. The average molecular weight is 710 g/mol. The van der Waals surface area contributed by atoms with Crippen molar-refractivity contribution in [1.82, 2.24) is 10.2 Å². The quantitative estimate of drug-likeness (QED) is 0.0284. The molecule has 1 aliphatic rings. The maximum atomic E-state index is 13.9. The Morgan fingerprint density at radius 2 is 1.64 bits per heavy atom. The van der Waals surface area contributed by atoms with Crippen molar-refractivity contribution >= 4 is 56.5 Å². The molecular weight excluding hydrogens is 671 g/mol.